The molecule has 9 heteroatoms. The third kappa shape index (κ3) is 4.97. The van der Waals surface area contributed by atoms with Gasteiger partial charge in [0.2, 0.25) is 6.41 Å². The maximum atomic E-state index is 11.1. The van der Waals surface area contributed by atoms with Gasteiger partial charge in [0.25, 0.3) is 0 Å². The average Bonchev–Trinajstić information content (AvgIpc) is 2.35. The molecular weight excluding hydrogens is 261 g/mol. The van der Waals surface area contributed by atoms with Crippen LogP contribution in [0.1, 0.15) is 0 Å². The van der Waals surface area contributed by atoms with Crippen LogP contribution >= 0.6 is 7.60 Å². The van der Waals surface area contributed by atoms with Gasteiger partial charge in [0.15, 0.2) is 0 Å². The second-order valence-corrected chi connectivity index (χ2v) is 5.41. The lowest BCUT2D eigenvalue weighted by atomic mass is 10.3. The molecule has 0 aliphatic carbocycles. The summed E-state index contributed by atoms with van der Waals surface area (Å²) in [5.74, 6) is 0.280. The number of carbonyl (C=O) groups is 1. The molecule has 8 nitrogen and oxygen atoms in total. The normalized spacial score (nSPS) is 29.4. The van der Waals surface area contributed by atoms with E-state index in [2.05, 4.69) is 4.99 Å². The van der Waals surface area contributed by atoms with E-state index in [1.165, 1.54) is 24.2 Å². The molecule has 102 valence electrons. The fourth-order valence-electron chi connectivity index (χ4n) is 1.21. The molecule has 0 aromatic carbocycles. The van der Waals surface area contributed by atoms with Crippen molar-refractivity contribution in [3.05, 3.63) is 12.3 Å². The largest absolute Gasteiger partial charge is 0.384 e. The van der Waals surface area contributed by atoms with Gasteiger partial charge in [-0.1, -0.05) is 0 Å². The van der Waals surface area contributed by atoms with Gasteiger partial charge in [-0.3, -0.25) is 14.4 Å². The highest BCUT2D eigenvalue weighted by molar-refractivity contribution is 7.52. The number of hydrogen-bond acceptors (Lipinski definition) is 5. The molecule has 18 heavy (non-hydrogen) atoms. The average molecular weight is 277 g/mol. The third-order valence-electron chi connectivity index (χ3n) is 2.18. The smallest absolute Gasteiger partial charge is 0.353 e. The van der Waals surface area contributed by atoms with E-state index in [-0.39, 0.29) is 25.3 Å². The molecule has 1 aliphatic rings. The molecule has 0 aromatic rings. The molecule has 1 amide bonds. The van der Waals surface area contributed by atoms with E-state index >= 15 is 0 Å². The molecule has 0 radical (unpaired) electrons. The van der Waals surface area contributed by atoms with E-state index in [1.54, 1.807) is 0 Å². The van der Waals surface area contributed by atoms with E-state index in [1.807, 2.05) is 0 Å². The van der Waals surface area contributed by atoms with Crippen LogP contribution < -0.4 is 5.73 Å². The minimum absolute atomic E-state index is 0.0384. The summed E-state index contributed by atoms with van der Waals surface area (Å²) >= 11 is 0. The van der Waals surface area contributed by atoms with Gasteiger partial charge in [0.05, 0.1) is 13.2 Å². The summed E-state index contributed by atoms with van der Waals surface area (Å²) in [7, 11) is -2.07. The highest BCUT2D eigenvalue weighted by atomic mass is 31.2. The Kier molecular flexibility index (Phi) is 5.49. The van der Waals surface area contributed by atoms with Crippen LogP contribution in [0, 0.1) is 0 Å². The number of carbonyl (C=O) groups excluding carboxylic acids is 1. The first-order valence-electron chi connectivity index (χ1n) is 5.16. The molecule has 0 spiro atoms. The van der Waals surface area contributed by atoms with Gasteiger partial charge in [0.1, 0.15) is 18.3 Å². The summed E-state index contributed by atoms with van der Waals surface area (Å²) in [5.41, 5.74) is 5.44. The van der Waals surface area contributed by atoms with Crippen LogP contribution in [0.2, 0.25) is 0 Å². The Labute approximate surface area is 105 Å². The van der Waals surface area contributed by atoms with Crippen molar-refractivity contribution in [1.29, 1.82) is 0 Å². The van der Waals surface area contributed by atoms with Crippen molar-refractivity contribution in [3.8, 4) is 0 Å². The summed E-state index contributed by atoms with van der Waals surface area (Å²) in [6, 6.07) is 0. The van der Waals surface area contributed by atoms with Crippen LogP contribution in [0.3, 0.4) is 0 Å². The molecular formula is C9H16N3O5P. The Hall–Kier alpha value is -1.21. The summed E-state index contributed by atoms with van der Waals surface area (Å²) in [6.45, 7) is 0.167. The minimum Gasteiger partial charge on any atom is -0.384 e. The van der Waals surface area contributed by atoms with E-state index < -0.39 is 13.7 Å². The van der Waals surface area contributed by atoms with Crippen LogP contribution in [0.25, 0.3) is 0 Å². The quantitative estimate of drug-likeness (QED) is 0.303. The third-order valence-corrected chi connectivity index (χ3v) is 3.21. The second-order valence-electron chi connectivity index (χ2n) is 3.62. The Bertz CT molecular complexity index is 386. The van der Waals surface area contributed by atoms with Crippen LogP contribution in [-0.4, -0.2) is 54.7 Å². The Morgan fingerprint density at radius 2 is 2.44 bits per heavy atom. The number of rotatable bonds is 5. The first-order valence-corrected chi connectivity index (χ1v) is 6.92. The van der Waals surface area contributed by atoms with Gasteiger partial charge in [-0.15, -0.1) is 0 Å². The van der Waals surface area contributed by atoms with Crippen molar-refractivity contribution in [2.75, 3.05) is 26.5 Å². The fraction of sp³-hybridized carbons (Fsp3) is 0.556. The molecule has 0 bridgehead atoms. The second kappa shape index (κ2) is 6.65. The molecule has 1 rings (SSSR count). The first kappa shape index (κ1) is 14.8. The molecule has 1 saturated heterocycles. The zero-order valence-electron chi connectivity index (χ0n) is 9.93. The van der Waals surface area contributed by atoms with Gasteiger partial charge >= 0.3 is 7.60 Å². The van der Waals surface area contributed by atoms with Crippen LogP contribution in [-0.2, 0) is 18.6 Å². The van der Waals surface area contributed by atoms with Crippen LogP contribution in [0.5, 0.6) is 0 Å². The molecule has 3 N–H and O–H groups in total. The molecule has 1 aliphatic heterocycles. The van der Waals surface area contributed by atoms with Crippen molar-refractivity contribution in [2.24, 2.45) is 10.7 Å². The van der Waals surface area contributed by atoms with Crippen molar-refractivity contribution in [1.82, 2.24) is 4.90 Å². The Morgan fingerprint density at radius 3 is 2.94 bits per heavy atom. The predicted octanol–water partition coefficient (Wildman–Crippen LogP) is -0.496. The standard InChI is InChI=1S/C9H16N3O5P/c1-11-9(10)2-3-12(6-13)4-8-5-17-18(14,15)7-16-8/h2-3,6,8H,4-5,7H2,1H3,(H2,10,11)(H,14,15)/b3-2-/t8-/m0/s1. The van der Waals surface area contributed by atoms with E-state index in [4.69, 9.17) is 19.9 Å². The number of amides is 1. The number of amidine groups is 1. The summed E-state index contributed by atoms with van der Waals surface area (Å²) < 4.78 is 20.9. The number of hydrogen-bond donors (Lipinski definition) is 2. The minimum atomic E-state index is -3.60. The van der Waals surface area contributed by atoms with Crippen molar-refractivity contribution in [2.45, 2.75) is 6.10 Å². The molecule has 2 atom stereocenters. The highest BCUT2D eigenvalue weighted by Gasteiger charge is 2.30. The van der Waals surface area contributed by atoms with Gasteiger partial charge in [-0.2, -0.15) is 0 Å². The highest BCUT2D eigenvalue weighted by Crippen LogP contribution is 2.44. The Balaban J connectivity index is 2.47. The number of nitrogens with zero attached hydrogens (tertiary/aromatic N) is 2. The van der Waals surface area contributed by atoms with Crippen molar-refractivity contribution >= 4 is 19.8 Å². The molecule has 0 saturated carbocycles. The lowest BCUT2D eigenvalue weighted by Gasteiger charge is -2.28. The summed E-state index contributed by atoms with van der Waals surface area (Å²) in [6.07, 6.45) is 2.69. The topological polar surface area (TPSA) is 114 Å². The lowest BCUT2D eigenvalue weighted by molar-refractivity contribution is -0.118. The Morgan fingerprint density at radius 1 is 1.72 bits per heavy atom. The SMILES string of the molecule is CN=C(N)/C=C\N(C=O)C[C@H]1COP(=O)(O)CO1. The maximum absolute atomic E-state index is 11.1. The summed E-state index contributed by atoms with van der Waals surface area (Å²) in [4.78, 5) is 24.9. The van der Waals surface area contributed by atoms with Crippen molar-refractivity contribution < 1.29 is 23.5 Å². The zero-order valence-corrected chi connectivity index (χ0v) is 10.8. The number of aliphatic imine (C=N–C) groups is 1. The zero-order chi connectivity index (χ0) is 13.6. The molecule has 1 unspecified atom stereocenters. The maximum Gasteiger partial charge on any atom is 0.353 e. The van der Waals surface area contributed by atoms with Crippen LogP contribution in [0.15, 0.2) is 17.3 Å². The van der Waals surface area contributed by atoms with Gasteiger partial charge in [-0.05, 0) is 6.08 Å². The van der Waals surface area contributed by atoms with Gasteiger partial charge < -0.3 is 24.8 Å². The van der Waals surface area contributed by atoms with Gasteiger partial charge in [0, 0.05) is 13.2 Å². The van der Waals surface area contributed by atoms with E-state index in [9.17, 15) is 9.36 Å². The van der Waals surface area contributed by atoms with Crippen molar-refractivity contribution in [3.63, 3.8) is 0 Å². The molecule has 1 fully saturated rings. The number of nitrogens with two attached hydrogens (primary N) is 1. The van der Waals surface area contributed by atoms with Gasteiger partial charge in [-0.25, -0.2) is 0 Å². The number of ether oxygens (including phenoxy) is 1. The monoisotopic (exact) mass is 277 g/mol. The molecule has 0 aromatic heterocycles. The predicted molar refractivity (Wildman–Crippen MR) is 65.0 cm³/mol. The lowest BCUT2D eigenvalue weighted by Crippen LogP contribution is -2.36. The van der Waals surface area contributed by atoms with E-state index in [0.717, 1.165) is 0 Å². The molecule has 1 heterocycles. The van der Waals surface area contributed by atoms with E-state index in [0.29, 0.717) is 6.41 Å². The first-order chi connectivity index (χ1) is 8.46. The van der Waals surface area contributed by atoms with Crippen LogP contribution in [0.4, 0.5) is 0 Å². The fourth-order valence-corrected chi connectivity index (χ4v) is 2.08. The summed E-state index contributed by atoms with van der Waals surface area (Å²) in [5, 5.41) is 0.